The summed E-state index contributed by atoms with van der Waals surface area (Å²) in [7, 11) is 0. The molecular formula is C13H17ClFNO. The van der Waals surface area contributed by atoms with Crippen molar-refractivity contribution in [3.8, 4) is 0 Å². The molecule has 0 saturated carbocycles. The fraction of sp³-hybridized carbons (Fsp3) is 0.462. The predicted octanol–water partition coefficient (Wildman–Crippen LogP) is 3.64. The number of hydrogen-bond acceptors (Lipinski definition) is 1. The van der Waals surface area contributed by atoms with Crippen LogP contribution in [0.25, 0.3) is 0 Å². The molecule has 1 N–H and O–H groups in total. The summed E-state index contributed by atoms with van der Waals surface area (Å²) in [5.41, 5.74) is -0.00315. The van der Waals surface area contributed by atoms with Gasteiger partial charge in [-0.3, -0.25) is 4.79 Å². The fourth-order valence-corrected chi connectivity index (χ4v) is 1.83. The first-order valence-electron chi connectivity index (χ1n) is 5.71. The SMILES string of the molecule is CCC(NC(=O)c1cc(Cl)ccc1F)C(C)C. The van der Waals surface area contributed by atoms with Crippen molar-refractivity contribution in [1.29, 1.82) is 0 Å². The maximum Gasteiger partial charge on any atom is 0.254 e. The van der Waals surface area contributed by atoms with E-state index in [1.807, 2.05) is 20.8 Å². The average molecular weight is 258 g/mol. The van der Waals surface area contributed by atoms with Crippen molar-refractivity contribution in [2.24, 2.45) is 5.92 Å². The van der Waals surface area contributed by atoms with E-state index in [2.05, 4.69) is 5.32 Å². The van der Waals surface area contributed by atoms with Crippen LogP contribution in [0.3, 0.4) is 0 Å². The van der Waals surface area contributed by atoms with Crippen LogP contribution in [0.1, 0.15) is 37.6 Å². The molecule has 0 bridgehead atoms. The summed E-state index contributed by atoms with van der Waals surface area (Å²) in [6.45, 7) is 6.02. The van der Waals surface area contributed by atoms with E-state index in [1.54, 1.807) is 0 Å². The van der Waals surface area contributed by atoms with Gasteiger partial charge in [-0.15, -0.1) is 0 Å². The van der Waals surface area contributed by atoms with Crippen LogP contribution in [-0.4, -0.2) is 11.9 Å². The van der Waals surface area contributed by atoms with Crippen LogP contribution in [0.4, 0.5) is 4.39 Å². The van der Waals surface area contributed by atoms with Crippen LogP contribution in [-0.2, 0) is 0 Å². The molecule has 0 aromatic heterocycles. The highest BCUT2D eigenvalue weighted by molar-refractivity contribution is 6.31. The minimum Gasteiger partial charge on any atom is -0.349 e. The summed E-state index contributed by atoms with van der Waals surface area (Å²) < 4.78 is 13.5. The number of amides is 1. The molecule has 0 radical (unpaired) electrons. The molecular weight excluding hydrogens is 241 g/mol. The number of rotatable bonds is 4. The number of carbonyl (C=O) groups is 1. The molecule has 0 aliphatic carbocycles. The normalized spacial score (nSPS) is 12.6. The molecule has 1 rings (SSSR count). The molecule has 0 fully saturated rings. The predicted molar refractivity (Wildman–Crippen MR) is 67.8 cm³/mol. The molecule has 1 amide bonds. The molecule has 1 atom stereocenters. The van der Waals surface area contributed by atoms with Crippen LogP contribution in [0.5, 0.6) is 0 Å². The van der Waals surface area contributed by atoms with E-state index in [4.69, 9.17) is 11.6 Å². The second-order valence-electron chi connectivity index (χ2n) is 4.36. The second-order valence-corrected chi connectivity index (χ2v) is 4.79. The van der Waals surface area contributed by atoms with Crippen molar-refractivity contribution in [1.82, 2.24) is 5.32 Å². The van der Waals surface area contributed by atoms with E-state index in [1.165, 1.54) is 18.2 Å². The summed E-state index contributed by atoms with van der Waals surface area (Å²) in [4.78, 5) is 11.9. The van der Waals surface area contributed by atoms with Crippen molar-refractivity contribution in [2.45, 2.75) is 33.2 Å². The number of nitrogens with one attached hydrogen (secondary N) is 1. The summed E-state index contributed by atoms with van der Waals surface area (Å²) in [6.07, 6.45) is 0.811. The molecule has 94 valence electrons. The van der Waals surface area contributed by atoms with E-state index in [0.717, 1.165) is 6.42 Å². The quantitative estimate of drug-likeness (QED) is 0.877. The summed E-state index contributed by atoms with van der Waals surface area (Å²) in [6, 6.07) is 4.01. The average Bonchev–Trinajstić information content (AvgIpc) is 2.28. The van der Waals surface area contributed by atoms with Crippen molar-refractivity contribution in [2.75, 3.05) is 0 Å². The lowest BCUT2D eigenvalue weighted by Crippen LogP contribution is -2.38. The topological polar surface area (TPSA) is 29.1 Å². The van der Waals surface area contributed by atoms with E-state index in [9.17, 15) is 9.18 Å². The van der Waals surface area contributed by atoms with Crippen LogP contribution in [0, 0.1) is 11.7 Å². The molecule has 1 aromatic carbocycles. The van der Waals surface area contributed by atoms with Gasteiger partial charge in [0.15, 0.2) is 0 Å². The van der Waals surface area contributed by atoms with Gasteiger partial charge in [0.05, 0.1) is 5.56 Å². The van der Waals surface area contributed by atoms with Gasteiger partial charge < -0.3 is 5.32 Å². The van der Waals surface area contributed by atoms with Gasteiger partial charge in [-0.25, -0.2) is 4.39 Å². The van der Waals surface area contributed by atoms with Gasteiger partial charge in [-0.2, -0.15) is 0 Å². The Labute approximate surface area is 106 Å². The highest BCUT2D eigenvalue weighted by Crippen LogP contribution is 2.15. The summed E-state index contributed by atoms with van der Waals surface area (Å²) in [5, 5.41) is 3.17. The molecule has 4 heteroatoms. The largest absolute Gasteiger partial charge is 0.349 e. The zero-order chi connectivity index (χ0) is 13.0. The standard InChI is InChI=1S/C13H17ClFNO/c1-4-12(8(2)3)16-13(17)10-7-9(14)5-6-11(10)15/h5-8,12H,4H2,1-3H3,(H,16,17). The molecule has 0 heterocycles. The van der Waals surface area contributed by atoms with E-state index in [0.29, 0.717) is 10.9 Å². The highest BCUT2D eigenvalue weighted by Gasteiger charge is 2.18. The van der Waals surface area contributed by atoms with Gasteiger partial charge in [0.25, 0.3) is 5.91 Å². The Morgan fingerprint density at radius 2 is 2.12 bits per heavy atom. The third-order valence-electron chi connectivity index (χ3n) is 2.73. The zero-order valence-corrected chi connectivity index (χ0v) is 11.0. The molecule has 0 aliphatic rings. The van der Waals surface area contributed by atoms with Crippen molar-refractivity contribution < 1.29 is 9.18 Å². The van der Waals surface area contributed by atoms with Gasteiger partial charge in [0.1, 0.15) is 5.82 Å². The van der Waals surface area contributed by atoms with E-state index >= 15 is 0 Å². The van der Waals surface area contributed by atoms with Crippen LogP contribution < -0.4 is 5.32 Å². The first-order valence-corrected chi connectivity index (χ1v) is 6.09. The molecule has 0 aliphatic heterocycles. The van der Waals surface area contributed by atoms with Crippen LogP contribution in [0.15, 0.2) is 18.2 Å². The van der Waals surface area contributed by atoms with Crippen LogP contribution >= 0.6 is 11.6 Å². The third-order valence-corrected chi connectivity index (χ3v) is 2.97. The summed E-state index contributed by atoms with van der Waals surface area (Å²) in [5.74, 6) is -0.651. The Kier molecular flexibility index (Phi) is 4.94. The molecule has 1 aromatic rings. The molecule has 0 saturated heterocycles. The lowest BCUT2D eigenvalue weighted by Gasteiger charge is -2.20. The minimum absolute atomic E-state index is 0.00315. The first-order chi connectivity index (χ1) is 7.95. The number of benzene rings is 1. The Morgan fingerprint density at radius 3 is 2.65 bits per heavy atom. The lowest BCUT2D eigenvalue weighted by molar-refractivity contribution is 0.0920. The van der Waals surface area contributed by atoms with Gasteiger partial charge in [-0.1, -0.05) is 32.4 Å². The first kappa shape index (κ1) is 14.0. The van der Waals surface area contributed by atoms with Gasteiger partial charge in [0.2, 0.25) is 0 Å². The molecule has 2 nitrogen and oxygen atoms in total. The van der Waals surface area contributed by atoms with Crippen molar-refractivity contribution in [3.05, 3.63) is 34.6 Å². The van der Waals surface area contributed by atoms with E-state index < -0.39 is 11.7 Å². The Balaban J connectivity index is 2.86. The van der Waals surface area contributed by atoms with Gasteiger partial charge >= 0.3 is 0 Å². The maximum absolute atomic E-state index is 13.5. The Bertz CT molecular complexity index is 406. The smallest absolute Gasteiger partial charge is 0.254 e. The molecule has 0 spiro atoms. The van der Waals surface area contributed by atoms with Gasteiger partial charge in [-0.05, 0) is 30.5 Å². The van der Waals surface area contributed by atoms with Crippen molar-refractivity contribution in [3.63, 3.8) is 0 Å². The van der Waals surface area contributed by atoms with Gasteiger partial charge in [0, 0.05) is 11.1 Å². The molecule has 17 heavy (non-hydrogen) atoms. The molecule has 1 unspecified atom stereocenters. The highest BCUT2D eigenvalue weighted by atomic mass is 35.5. The minimum atomic E-state index is -0.550. The fourth-order valence-electron chi connectivity index (χ4n) is 1.66. The third kappa shape index (κ3) is 3.70. The Hall–Kier alpha value is -1.09. The van der Waals surface area contributed by atoms with Crippen molar-refractivity contribution >= 4 is 17.5 Å². The second kappa shape index (κ2) is 6.01. The lowest BCUT2D eigenvalue weighted by atomic mass is 10.0. The zero-order valence-electron chi connectivity index (χ0n) is 10.3. The van der Waals surface area contributed by atoms with Crippen LogP contribution in [0.2, 0.25) is 5.02 Å². The summed E-state index contributed by atoms with van der Waals surface area (Å²) >= 11 is 5.75. The Morgan fingerprint density at radius 1 is 1.47 bits per heavy atom. The maximum atomic E-state index is 13.5. The number of halogens is 2. The number of hydrogen-bond donors (Lipinski definition) is 1. The number of carbonyl (C=O) groups excluding carboxylic acids is 1. The van der Waals surface area contributed by atoms with E-state index in [-0.39, 0.29) is 11.6 Å². The monoisotopic (exact) mass is 257 g/mol.